The maximum Gasteiger partial charge on any atom is 0.307 e. The van der Waals surface area contributed by atoms with Gasteiger partial charge in [-0.05, 0) is 37.0 Å². The molecule has 0 radical (unpaired) electrons. The molecule has 1 aromatic rings. The van der Waals surface area contributed by atoms with Crippen molar-refractivity contribution in [1.82, 2.24) is 10.9 Å². The van der Waals surface area contributed by atoms with Crippen molar-refractivity contribution in [1.29, 1.82) is 0 Å². The maximum atomic E-state index is 12.2. The van der Waals surface area contributed by atoms with Crippen LogP contribution in [0.15, 0.2) is 24.3 Å². The van der Waals surface area contributed by atoms with Gasteiger partial charge < -0.3 is 9.84 Å². The number of hydrogen-bond donors (Lipinski definition) is 3. The Morgan fingerprint density at radius 3 is 2.35 bits per heavy atom. The van der Waals surface area contributed by atoms with Crippen LogP contribution in [0.2, 0.25) is 0 Å². The lowest BCUT2D eigenvalue weighted by atomic mass is 9.79. The largest absolute Gasteiger partial charge is 0.484 e. The number of carbonyl (C=O) groups excluding carboxylic acids is 2. The minimum atomic E-state index is -0.967. The number of hydrazine groups is 1. The summed E-state index contributed by atoms with van der Waals surface area (Å²) in [6.45, 7) is 1.87. The molecule has 7 nitrogen and oxygen atoms in total. The van der Waals surface area contributed by atoms with Gasteiger partial charge in [-0.2, -0.15) is 0 Å². The predicted molar refractivity (Wildman–Crippen MR) is 95.3 cm³/mol. The van der Waals surface area contributed by atoms with E-state index in [1.165, 1.54) is 5.56 Å². The van der Waals surface area contributed by atoms with Crippen LogP contribution in [0, 0.1) is 11.8 Å². The summed E-state index contributed by atoms with van der Waals surface area (Å²) in [5, 5.41) is 9.21. The van der Waals surface area contributed by atoms with Gasteiger partial charge in [-0.25, -0.2) is 0 Å². The average Bonchev–Trinajstić information content (AvgIpc) is 2.65. The summed E-state index contributed by atoms with van der Waals surface area (Å²) in [4.78, 5) is 35.2. The number of aryl methyl sites for hydroxylation is 1. The van der Waals surface area contributed by atoms with Gasteiger partial charge in [0.05, 0.1) is 11.8 Å². The highest BCUT2D eigenvalue weighted by molar-refractivity contribution is 5.87. The summed E-state index contributed by atoms with van der Waals surface area (Å²) in [6.07, 6.45) is 4.67. The van der Waals surface area contributed by atoms with E-state index < -0.39 is 29.6 Å². The van der Waals surface area contributed by atoms with Crippen LogP contribution in [0.4, 0.5) is 0 Å². The van der Waals surface area contributed by atoms with E-state index in [9.17, 15) is 19.5 Å². The summed E-state index contributed by atoms with van der Waals surface area (Å²) >= 11 is 0. The van der Waals surface area contributed by atoms with E-state index in [1.54, 1.807) is 12.1 Å². The van der Waals surface area contributed by atoms with Gasteiger partial charge in [0.15, 0.2) is 6.61 Å². The highest BCUT2D eigenvalue weighted by Gasteiger charge is 2.35. The first-order valence-corrected chi connectivity index (χ1v) is 9.04. The van der Waals surface area contributed by atoms with Crippen LogP contribution < -0.4 is 15.6 Å². The van der Waals surface area contributed by atoms with Crippen molar-refractivity contribution in [2.24, 2.45) is 11.8 Å². The van der Waals surface area contributed by atoms with Crippen molar-refractivity contribution >= 4 is 17.8 Å². The molecule has 0 spiro atoms. The number of ether oxygens (including phenoxy) is 1. The Kier molecular flexibility index (Phi) is 7.44. The highest BCUT2D eigenvalue weighted by atomic mass is 16.5. The van der Waals surface area contributed by atoms with Crippen molar-refractivity contribution in [3.8, 4) is 5.75 Å². The quantitative estimate of drug-likeness (QED) is 0.644. The fourth-order valence-electron chi connectivity index (χ4n) is 3.19. The lowest BCUT2D eigenvalue weighted by Crippen LogP contribution is -2.49. The number of carboxylic acid groups (broad SMARTS) is 1. The summed E-state index contributed by atoms with van der Waals surface area (Å²) < 4.78 is 5.38. The molecular formula is C19H26N2O5. The van der Waals surface area contributed by atoms with Gasteiger partial charge in [0.25, 0.3) is 5.91 Å². The Labute approximate surface area is 153 Å². The van der Waals surface area contributed by atoms with Crippen LogP contribution in [0.5, 0.6) is 5.75 Å². The van der Waals surface area contributed by atoms with Gasteiger partial charge in [0.2, 0.25) is 5.91 Å². The van der Waals surface area contributed by atoms with E-state index in [0.29, 0.717) is 18.6 Å². The minimum Gasteiger partial charge on any atom is -0.484 e. The van der Waals surface area contributed by atoms with E-state index in [0.717, 1.165) is 25.7 Å². The molecule has 2 atom stereocenters. The Morgan fingerprint density at radius 2 is 1.73 bits per heavy atom. The van der Waals surface area contributed by atoms with E-state index in [1.807, 2.05) is 12.1 Å². The zero-order valence-electron chi connectivity index (χ0n) is 15.0. The van der Waals surface area contributed by atoms with Gasteiger partial charge in [0.1, 0.15) is 5.75 Å². The fraction of sp³-hybridized carbons (Fsp3) is 0.526. The van der Waals surface area contributed by atoms with Gasteiger partial charge >= 0.3 is 5.97 Å². The molecule has 0 heterocycles. The second-order valence-corrected chi connectivity index (χ2v) is 6.56. The van der Waals surface area contributed by atoms with Crippen LogP contribution in [0.25, 0.3) is 0 Å². The molecular weight excluding hydrogens is 336 g/mol. The van der Waals surface area contributed by atoms with Crippen LogP contribution >= 0.6 is 0 Å². The topological polar surface area (TPSA) is 105 Å². The molecule has 1 aliphatic rings. The zero-order valence-corrected chi connectivity index (χ0v) is 15.0. The van der Waals surface area contributed by atoms with Crippen LogP contribution in [-0.2, 0) is 20.8 Å². The Morgan fingerprint density at radius 1 is 1.08 bits per heavy atom. The third-order valence-corrected chi connectivity index (χ3v) is 4.58. The second kappa shape index (κ2) is 9.79. The number of carbonyl (C=O) groups is 3. The molecule has 2 rings (SSSR count). The normalized spacial score (nSPS) is 19.4. The average molecular weight is 362 g/mol. The molecule has 1 fully saturated rings. The molecule has 0 bridgehead atoms. The Hall–Kier alpha value is -2.57. The maximum absolute atomic E-state index is 12.2. The zero-order chi connectivity index (χ0) is 18.9. The van der Waals surface area contributed by atoms with Crippen LogP contribution in [0.3, 0.4) is 0 Å². The molecule has 0 saturated heterocycles. The fourth-order valence-corrected chi connectivity index (χ4v) is 3.19. The molecule has 0 aliphatic heterocycles. The Bertz CT molecular complexity index is 629. The number of aliphatic carboxylic acids is 1. The molecule has 142 valence electrons. The predicted octanol–water partition coefficient (Wildman–Crippen LogP) is 2.06. The van der Waals surface area contributed by atoms with Crippen molar-refractivity contribution in [2.75, 3.05) is 6.61 Å². The number of carboxylic acids is 1. The third-order valence-electron chi connectivity index (χ3n) is 4.58. The SMILES string of the molecule is CCCc1ccc(OCC(=O)NNC(=O)[C@@H]2CCCC[C@@H]2C(=O)O)cc1. The molecule has 7 heteroatoms. The van der Waals surface area contributed by atoms with E-state index >= 15 is 0 Å². The smallest absolute Gasteiger partial charge is 0.307 e. The summed E-state index contributed by atoms with van der Waals surface area (Å²) in [5.74, 6) is -2.67. The first kappa shape index (κ1) is 19.8. The van der Waals surface area contributed by atoms with Gasteiger partial charge in [-0.15, -0.1) is 0 Å². The molecule has 1 saturated carbocycles. The van der Waals surface area contributed by atoms with Crippen molar-refractivity contribution in [3.63, 3.8) is 0 Å². The summed E-state index contributed by atoms with van der Waals surface area (Å²) in [6, 6.07) is 7.51. The molecule has 2 amide bonds. The lowest BCUT2D eigenvalue weighted by Gasteiger charge is -2.27. The van der Waals surface area contributed by atoms with Crippen molar-refractivity contribution < 1.29 is 24.2 Å². The first-order valence-electron chi connectivity index (χ1n) is 9.04. The van der Waals surface area contributed by atoms with Crippen molar-refractivity contribution in [3.05, 3.63) is 29.8 Å². The standard InChI is InChI=1S/C19H26N2O5/c1-2-5-13-8-10-14(11-9-13)26-12-17(22)20-21-18(23)15-6-3-4-7-16(15)19(24)25/h8-11,15-16H,2-7,12H2,1H3,(H,20,22)(H,21,23)(H,24,25)/t15-,16+/m1/s1. The number of amides is 2. The van der Waals surface area contributed by atoms with Gasteiger partial charge in [0, 0.05) is 0 Å². The number of hydrogen-bond acceptors (Lipinski definition) is 4. The van der Waals surface area contributed by atoms with E-state index in [-0.39, 0.29) is 6.61 Å². The number of rotatable bonds is 7. The summed E-state index contributed by atoms with van der Waals surface area (Å²) in [5.41, 5.74) is 5.81. The van der Waals surface area contributed by atoms with Gasteiger partial charge in [-0.1, -0.05) is 38.3 Å². The van der Waals surface area contributed by atoms with Gasteiger partial charge in [-0.3, -0.25) is 25.2 Å². The molecule has 26 heavy (non-hydrogen) atoms. The molecule has 1 aliphatic carbocycles. The lowest BCUT2D eigenvalue weighted by molar-refractivity contribution is -0.149. The van der Waals surface area contributed by atoms with E-state index in [4.69, 9.17) is 4.74 Å². The molecule has 3 N–H and O–H groups in total. The molecule has 1 aromatic carbocycles. The summed E-state index contributed by atoms with van der Waals surface area (Å²) in [7, 11) is 0. The first-order chi connectivity index (χ1) is 12.5. The van der Waals surface area contributed by atoms with Crippen LogP contribution in [0.1, 0.15) is 44.6 Å². The minimum absolute atomic E-state index is 0.236. The van der Waals surface area contributed by atoms with Crippen LogP contribution in [-0.4, -0.2) is 29.5 Å². The number of nitrogens with one attached hydrogen (secondary N) is 2. The monoisotopic (exact) mass is 362 g/mol. The Balaban J connectivity index is 1.75. The molecule has 0 aromatic heterocycles. The van der Waals surface area contributed by atoms with E-state index in [2.05, 4.69) is 17.8 Å². The third kappa shape index (κ3) is 5.75. The second-order valence-electron chi connectivity index (χ2n) is 6.56. The number of benzene rings is 1. The van der Waals surface area contributed by atoms with Crippen molar-refractivity contribution in [2.45, 2.75) is 45.4 Å². The molecule has 0 unspecified atom stereocenters. The highest BCUT2D eigenvalue weighted by Crippen LogP contribution is 2.30.